The maximum atomic E-state index is 5.77. The first-order valence-corrected chi connectivity index (χ1v) is 3.86. The van der Waals surface area contributed by atoms with E-state index < -0.39 is 0 Å². The highest BCUT2D eigenvalue weighted by atomic mass is 15.0. The van der Waals surface area contributed by atoms with Crippen molar-refractivity contribution in [2.24, 2.45) is 7.05 Å². The maximum Gasteiger partial charge on any atom is 0.142 e. The van der Waals surface area contributed by atoms with Gasteiger partial charge in [0.1, 0.15) is 5.65 Å². The summed E-state index contributed by atoms with van der Waals surface area (Å²) >= 11 is 0. The van der Waals surface area contributed by atoms with Gasteiger partial charge in [0.15, 0.2) is 0 Å². The molecule has 0 saturated carbocycles. The lowest BCUT2D eigenvalue weighted by Gasteiger charge is -1.95. The molecule has 2 N–H and O–H groups in total. The van der Waals surface area contributed by atoms with Gasteiger partial charge in [-0.3, -0.25) is 0 Å². The summed E-state index contributed by atoms with van der Waals surface area (Å²) in [6.07, 6.45) is 1.89. The minimum absolute atomic E-state index is 0.792. The lowest BCUT2D eigenvalue weighted by molar-refractivity contribution is 0.944. The van der Waals surface area contributed by atoms with Gasteiger partial charge in [-0.2, -0.15) is 0 Å². The molecule has 12 heavy (non-hydrogen) atoms. The van der Waals surface area contributed by atoms with Gasteiger partial charge < -0.3 is 10.3 Å². The number of nitrogens with two attached hydrogens (primary N) is 1. The second kappa shape index (κ2) is 2.24. The summed E-state index contributed by atoms with van der Waals surface area (Å²) in [6, 6.07) is 3.98. The molecule has 0 unspecified atom stereocenters. The van der Waals surface area contributed by atoms with Gasteiger partial charge in [-0.05, 0) is 19.1 Å². The normalized spacial score (nSPS) is 10.8. The third-order valence-corrected chi connectivity index (χ3v) is 1.99. The summed E-state index contributed by atoms with van der Waals surface area (Å²) in [5.74, 6) is 0. The van der Waals surface area contributed by atoms with E-state index in [9.17, 15) is 0 Å². The molecule has 0 fully saturated rings. The second-order valence-electron chi connectivity index (χ2n) is 3.02. The molecular weight excluding hydrogens is 150 g/mol. The molecule has 0 spiro atoms. The predicted molar refractivity (Wildman–Crippen MR) is 49.9 cm³/mol. The fourth-order valence-electron chi connectivity index (χ4n) is 1.38. The molecule has 2 rings (SSSR count). The van der Waals surface area contributed by atoms with Crippen LogP contribution >= 0.6 is 0 Å². The van der Waals surface area contributed by atoms with E-state index in [0.717, 1.165) is 22.4 Å². The Balaban J connectivity index is 2.90. The Hall–Kier alpha value is -1.51. The molecule has 0 aliphatic carbocycles. The van der Waals surface area contributed by atoms with Gasteiger partial charge in [-0.15, -0.1) is 0 Å². The third kappa shape index (κ3) is 0.863. The van der Waals surface area contributed by atoms with Crippen molar-refractivity contribution in [3.63, 3.8) is 0 Å². The van der Waals surface area contributed by atoms with Crippen molar-refractivity contribution in [3.05, 3.63) is 24.0 Å². The predicted octanol–water partition coefficient (Wildman–Crippen LogP) is 1.46. The van der Waals surface area contributed by atoms with Crippen molar-refractivity contribution in [1.82, 2.24) is 9.55 Å². The highest BCUT2D eigenvalue weighted by Crippen LogP contribution is 2.20. The summed E-state index contributed by atoms with van der Waals surface area (Å²) in [6.45, 7) is 1.97. The SMILES string of the molecule is Cc1ccc2c(N)cn(C)c2n1. The molecule has 2 heterocycles. The Labute approximate surface area is 70.8 Å². The van der Waals surface area contributed by atoms with Gasteiger partial charge in [0.05, 0.1) is 5.69 Å². The van der Waals surface area contributed by atoms with E-state index in [2.05, 4.69) is 4.98 Å². The first kappa shape index (κ1) is 7.16. The lowest BCUT2D eigenvalue weighted by atomic mass is 10.3. The summed E-state index contributed by atoms with van der Waals surface area (Å²) in [7, 11) is 1.95. The molecule has 0 saturated heterocycles. The van der Waals surface area contributed by atoms with Gasteiger partial charge in [-0.1, -0.05) is 0 Å². The van der Waals surface area contributed by atoms with Crippen LogP contribution in [0.2, 0.25) is 0 Å². The quantitative estimate of drug-likeness (QED) is 0.635. The second-order valence-corrected chi connectivity index (χ2v) is 3.02. The lowest BCUT2D eigenvalue weighted by Crippen LogP contribution is -1.88. The third-order valence-electron chi connectivity index (χ3n) is 1.99. The van der Waals surface area contributed by atoms with Crippen LogP contribution in [-0.2, 0) is 7.05 Å². The Bertz CT molecular complexity index is 429. The molecule has 0 aliphatic rings. The largest absolute Gasteiger partial charge is 0.397 e. The summed E-state index contributed by atoms with van der Waals surface area (Å²) in [5, 5.41) is 1.03. The fourth-order valence-corrected chi connectivity index (χ4v) is 1.38. The van der Waals surface area contributed by atoms with E-state index in [1.165, 1.54) is 0 Å². The molecular formula is C9H11N3. The number of nitrogens with zero attached hydrogens (tertiary/aromatic N) is 2. The van der Waals surface area contributed by atoms with Crippen molar-refractivity contribution in [1.29, 1.82) is 0 Å². The number of hydrogen-bond acceptors (Lipinski definition) is 2. The number of hydrogen-bond donors (Lipinski definition) is 1. The number of pyridine rings is 1. The van der Waals surface area contributed by atoms with E-state index in [0.29, 0.717) is 0 Å². The molecule has 3 heteroatoms. The fraction of sp³-hybridized carbons (Fsp3) is 0.222. The summed E-state index contributed by atoms with van der Waals surface area (Å²) in [4.78, 5) is 4.38. The molecule has 0 aliphatic heterocycles. The first-order chi connectivity index (χ1) is 5.68. The summed E-state index contributed by atoms with van der Waals surface area (Å²) in [5.41, 5.74) is 8.53. The number of fused-ring (bicyclic) bond motifs is 1. The number of nitrogen functional groups attached to an aromatic ring is 1. The molecule has 2 aromatic rings. The topological polar surface area (TPSA) is 43.8 Å². The van der Waals surface area contributed by atoms with E-state index in [1.807, 2.05) is 36.9 Å². The van der Waals surface area contributed by atoms with Gasteiger partial charge in [0, 0.05) is 24.3 Å². The monoisotopic (exact) mass is 161 g/mol. The Morgan fingerprint density at radius 1 is 1.42 bits per heavy atom. The minimum atomic E-state index is 0.792. The van der Waals surface area contributed by atoms with Crippen molar-refractivity contribution < 1.29 is 0 Å². The molecule has 2 aromatic heterocycles. The zero-order valence-electron chi connectivity index (χ0n) is 7.20. The zero-order chi connectivity index (χ0) is 8.72. The van der Waals surface area contributed by atoms with Gasteiger partial charge in [-0.25, -0.2) is 4.98 Å². The van der Waals surface area contributed by atoms with Crippen LogP contribution in [0.5, 0.6) is 0 Å². The van der Waals surface area contributed by atoms with Crippen molar-refractivity contribution >= 4 is 16.7 Å². The smallest absolute Gasteiger partial charge is 0.142 e. The Morgan fingerprint density at radius 3 is 2.92 bits per heavy atom. The van der Waals surface area contributed by atoms with Crippen LogP contribution in [0.3, 0.4) is 0 Å². The van der Waals surface area contributed by atoms with Crippen LogP contribution in [0, 0.1) is 6.92 Å². The molecule has 3 nitrogen and oxygen atoms in total. The van der Waals surface area contributed by atoms with E-state index in [-0.39, 0.29) is 0 Å². The molecule has 0 aromatic carbocycles. The van der Waals surface area contributed by atoms with Crippen LogP contribution in [0.4, 0.5) is 5.69 Å². The van der Waals surface area contributed by atoms with Crippen LogP contribution in [-0.4, -0.2) is 9.55 Å². The molecule has 0 amide bonds. The summed E-state index contributed by atoms with van der Waals surface area (Å²) < 4.78 is 1.94. The maximum absolute atomic E-state index is 5.77. The number of anilines is 1. The van der Waals surface area contributed by atoms with Crippen LogP contribution in [0.15, 0.2) is 18.3 Å². The van der Waals surface area contributed by atoms with Gasteiger partial charge >= 0.3 is 0 Å². The Kier molecular flexibility index (Phi) is 1.33. The number of aromatic nitrogens is 2. The van der Waals surface area contributed by atoms with Gasteiger partial charge in [0.2, 0.25) is 0 Å². The van der Waals surface area contributed by atoms with Gasteiger partial charge in [0.25, 0.3) is 0 Å². The highest BCUT2D eigenvalue weighted by Gasteiger charge is 2.03. The van der Waals surface area contributed by atoms with Crippen LogP contribution < -0.4 is 5.73 Å². The minimum Gasteiger partial charge on any atom is -0.397 e. The van der Waals surface area contributed by atoms with E-state index >= 15 is 0 Å². The zero-order valence-corrected chi connectivity index (χ0v) is 7.20. The first-order valence-electron chi connectivity index (χ1n) is 3.86. The van der Waals surface area contributed by atoms with Crippen LogP contribution in [0.1, 0.15) is 5.69 Å². The molecule has 0 bridgehead atoms. The average molecular weight is 161 g/mol. The van der Waals surface area contributed by atoms with Crippen molar-refractivity contribution in [2.75, 3.05) is 5.73 Å². The highest BCUT2D eigenvalue weighted by molar-refractivity contribution is 5.89. The standard InChI is InChI=1S/C9H11N3/c1-6-3-4-7-8(10)5-12(2)9(7)11-6/h3-5H,10H2,1-2H3. The van der Waals surface area contributed by atoms with Crippen molar-refractivity contribution in [2.45, 2.75) is 6.92 Å². The van der Waals surface area contributed by atoms with E-state index in [1.54, 1.807) is 0 Å². The number of rotatable bonds is 0. The number of aryl methyl sites for hydroxylation is 2. The van der Waals surface area contributed by atoms with Crippen molar-refractivity contribution in [3.8, 4) is 0 Å². The molecule has 62 valence electrons. The molecule has 0 atom stereocenters. The van der Waals surface area contributed by atoms with Crippen LogP contribution in [0.25, 0.3) is 11.0 Å². The Morgan fingerprint density at radius 2 is 2.17 bits per heavy atom. The average Bonchev–Trinajstić information content (AvgIpc) is 2.28. The molecule has 0 radical (unpaired) electrons. The van der Waals surface area contributed by atoms with E-state index in [4.69, 9.17) is 5.73 Å².